The van der Waals surface area contributed by atoms with Gasteiger partial charge in [-0.15, -0.1) is 0 Å². The molecule has 0 atom stereocenters. The molecule has 4 heteroatoms. The maximum absolute atomic E-state index is 11.3. The van der Waals surface area contributed by atoms with Crippen LogP contribution in [-0.4, -0.2) is 31.0 Å². The van der Waals surface area contributed by atoms with Gasteiger partial charge in [0.05, 0.1) is 0 Å². The maximum Gasteiger partial charge on any atom is 0.219 e. The van der Waals surface area contributed by atoms with Crippen molar-refractivity contribution in [3.63, 3.8) is 0 Å². The summed E-state index contributed by atoms with van der Waals surface area (Å²) in [6.45, 7) is 2.44. The van der Waals surface area contributed by atoms with Gasteiger partial charge in [-0.2, -0.15) is 0 Å². The first-order valence-electron chi connectivity index (χ1n) is 6.23. The molecular formula is C12H22BrNO2. The second kappa shape index (κ2) is 8.99. The smallest absolute Gasteiger partial charge is 0.219 e. The molecule has 1 amide bonds. The minimum Gasteiger partial charge on any atom is -0.381 e. The lowest BCUT2D eigenvalue weighted by atomic mass is 10.2. The van der Waals surface area contributed by atoms with E-state index in [-0.39, 0.29) is 5.91 Å². The Bertz CT molecular complexity index is 195. The van der Waals surface area contributed by atoms with E-state index in [9.17, 15) is 4.79 Å². The van der Waals surface area contributed by atoms with Crippen LogP contribution in [0.25, 0.3) is 0 Å². The first kappa shape index (κ1) is 14.0. The predicted molar refractivity (Wildman–Crippen MR) is 68.8 cm³/mol. The number of nitrogens with one attached hydrogen (secondary N) is 1. The van der Waals surface area contributed by atoms with Crippen molar-refractivity contribution in [3.8, 4) is 0 Å². The van der Waals surface area contributed by atoms with Gasteiger partial charge in [0, 0.05) is 31.5 Å². The average molecular weight is 292 g/mol. The summed E-state index contributed by atoms with van der Waals surface area (Å²) in [5, 5.41) is 3.89. The van der Waals surface area contributed by atoms with Crippen molar-refractivity contribution >= 4 is 21.8 Å². The molecule has 0 aromatic carbocycles. The summed E-state index contributed by atoms with van der Waals surface area (Å²) in [6.07, 6.45) is 6.28. The molecule has 1 aliphatic carbocycles. The van der Waals surface area contributed by atoms with Crippen molar-refractivity contribution in [1.29, 1.82) is 0 Å². The van der Waals surface area contributed by atoms with Crippen molar-refractivity contribution in [2.24, 2.45) is 5.92 Å². The summed E-state index contributed by atoms with van der Waals surface area (Å²) in [5.74, 6) is 1.00. The van der Waals surface area contributed by atoms with E-state index in [1.54, 1.807) is 0 Å². The lowest BCUT2D eigenvalue weighted by molar-refractivity contribution is -0.121. The van der Waals surface area contributed by atoms with Gasteiger partial charge in [-0.3, -0.25) is 4.79 Å². The van der Waals surface area contributed by atoms with Crippen LogP contribution in [0.1, 0.15) is 38.5 Å². The molecule has 0 aromatic heterocycles. The molecule has 0 bridgehead atoms. The molecule has 16 heavy (non-hydrogen) atoms. The highest BCUT2D eigenvalue weighted by Crippen LogP contribution is 2.28. The Hall–Kier alpha value is -0.0900. The van der Waals surface area contributed by atoms with Crippen molar-refractivity contribution in [1.82, 2.24) is 5.32 Å². The molecule has 94 valence electrons. The topological polar surface area (TPSA) is 38.3 Å². The number of unbranched alkanes of at least 4 members (excludes halogenated alkanes) is 1. The highest BCUT2D eigenvalue weighted by Gasteiger charge is 2.20. The van der Waals surface area contributed by atoms with Crippen LogP contribution in [-0.2, 0) is 9.53 Å². The summed E-state index contributed by atoms with van der Waals surface area (Å²) in [6, 6.07) is 0. The number of carbonyl (C=O) groups excluding carboxylic acids is 1. The summed E-state index contributed by atoms with van der Waals surface area (Å²) < 4.78 is 5.48. The molecule has 0 spiro atoms. The zero-order chi connectivity index (χ0) is 11.6. The van der Waals surface area contributed by atoms with Crippen LogP contribution in [0.5, 0.6) is 0 Å². The van der Waals surface area contributed by atoms with Crippen LogP contribution in [0.4, 0.5) is 0 Å². The minimum absolute atomic E-state index is 0.170. The lowest BCUT2D eigenvalue weighted by Gasteiger charge is -2.05. The normalized spacial score (nSPS) is 15.1. The largest absolute Gasteiger partial charge is 0.381 e. The molecule has 1 fully saturated rings. The number of halogens is 1. The average Bonchev–Trinajstić information content (AvgIpc) is 3.07. The third-order valence-electron chi connectivity index (χ3n) is 2.63. The molecule has 1 rings (SSSR count). The first-order valence-corrected chi connectivity index (χ1v) is 7.35. The van der Waals surface area contributed by atoms with Gasteiger partial charge in [-0.25, -0.2) is 0 Å². The van der Waals surface area contributed by atoms with Crippen LogP contribution in [0.15, 0.2) is 0 Å². The fourth-order valence-electron chi connectivity index (χ4n) is 1.40. The summed E-state index contributed by atoms with van der Waals surface area (Å²) in [4.78, 5) is 11.3. The second-order valence-electron chi connectivity index (χ2n) is 4.37. The van der Waals surface area contributed by atoms with Crippen molar-refractivity contribution in [3.05, 3.63) is 0 Å². The van der Waals surface area contributed by atoms with E-state index < -0.39 is 0 Å². The van der Waals surface area contributed by atoms with Gasteiger partial charge in [0.15, 0.2) is 0 Å². The van der Waals surface area contributed by atoms with Gasteiger partial charge in [0.2, 0.25) is 5.91 Å². The van der Waals surface area contributed by atoms with Gasteiger partial charge in [-0.05, 0) is 38.0 Å². The Labute approximate surface area is 106 Å². The minimum atomic E-state index is 0.170. The zero-order valence-corrected chi connectivity index (χ0v) is 11.4. The van der Waals surface area contributed by atoms with Crippen molar-refractivity contribution < 1.29 is 9.53 Å². The van der Waals surface area contributed by atoms with E-state index in [2.05, 4.69) is 21.2 Å². The Morgan fingerprint density at radius 3 is 2.81 bits per heavy atom. The third-order valence-corrected chi connectivity index (χ3v) is 3.19. The van der Waals surface area contributed by atoms with E-state index in [0.29, 0.717) is 6.42 Å². The number of hydrogen-bond acceptors (Lipinski definition) is 2. The summed E-state index contributed by atoms with van der Waals surface area (Å²) in [7, 11) is 0. The van der Waals surface area contributed by atoms with E-state index in [1.807, 2.05) is 0 Å². The van der Waals surface area contributed by atoms with Gasteiger partial charge in [0.1, 0.15) is 0 Å². The Morgan fingerprint density at radius 2 is 2.12 bits per heavy atom. The molecule has 0 aromatic rings. The van der Waals surface area contributed by atoms with Gasteiger partial charge in [0.25, 0.3) is 0 Å². The fourth-order valence-corrected chi connectivity index (χ4v) is 1.80. The Morgan fingerprint density at radius 1 is 1.31 bits per heavy atom. The van der Waals surface area contributed by atoms with Crippen LogP contribution >= 0.6 is 15.9 Å². The molecule has 1 N–H and O–H groups in total. The predicted octanol–water partition coefficient (Wildman–Crippen LogP) is 2.48. The molecule has 1 aliphatic rings. The third kappa shape index (κ3) is 8.11. The molecule has 1 saturated carbocycles. The van der Waals surface area contributed by atoms with Crippen molar-refractivity contribution in [2.45, 2.75) is 38.5 Å². The SMILES string of the molecule is O=C(CCCCBr)NCCCOCC1CC1. The second-order valence-corrected chi connectivity index (χ2v) is 5.16. The van der Waals surface area contributed by atoms with Gasteiger partial charge < -0.3 is 10.1 Å². The van der Waals surface area contributed by atoms with Crippen LogP contribution < -0.4 is 5.32 Å². The zero-order valence-electron chi connectivity index (χ0n) is 9.84. The quantitative estimate of drug-likeness (QED) is 0.496. The number of rotatable bonds is 10. The molecule has 0 radical (unpaired) electrons. The Kier molecular flexibility index (Phi) is 7.85. The van der Waals surface area contributed by atoms with Gasteiger partial charge >= 0.3 is 0 Å². The van der Waals surface area contributed by atoms with Crippen molar-refractivity contribution in [2.75, 3.05) is 25.1 Å². The fraction of sp³-hybridized carbons (Fsp3) is 0.917. The molecule has 3 nitrogen and oxygen atoms in total. The van der Waals surface area contributed by atoms with E-state index >= 15 is 0 Å². The number of hydrogen-bond donors (Lipinski definition) is 1. The number of carbonyl (C=O) groups is 1. The van der Waals surface area contributed by atoms with E-state index in [4.69, 9.17) is 4.74 Å². The lowest BCUT2D eigenvalue weighted by Crippen LogP contribution is -2.25. The Balaban J connectivity index is 1.76. The maximum atomic E-state index is 11.3. The first-order chi connectivity index (χ1) is 7.83. The highest BCUT2D eigenvalue weighted by atomic mass is 79.9. The molecule has 0 unspecified atom stereocenters. The highest BCUT2D eigenvalue weighted by molar-refractivity contribution is 9.09. The number of alkyl halides is 1. The number of ether oxygens (including phenoxy) is 1. The summed E-state index contributed by atoms with van der Waals surface area (Å²) >= 11 is 3.35. The standard InChI is InChI=1S/C12H22BrNO2/c13-7-2-1-4-12(15)14-8-3-9-16-10-11-5-6-11/h11H,1-10H2,(H,14,15). The van der Waals surface area contributed by atoms with Crippen LogP contribution in [0.3, 0.4) is 0 Å². The monoisotopic (exact) mass is 291 g/mol. The number of amides is 1. The molecule has 0 heterocycles. The molecule has 0 saturated heterocycles. The molecule has 0 aliphatic heterocycles. The van der Waals surface area contributed by atoms with Gasteiger partial charge in [-0.1, -0.05) is 15.9 Å². The van der Waals surface area contributed by atoms with E-state index in [0.717, 1.165) is 50.3 Å². The van der Waals surface area contributed by atoms with Crippen LogP contribution in [0.2, 0.25) is 0 Å². The van der Waals surface area contributed by atoms with E-state index in [1.165, 1.54) is 12.8 Å². The summed E-state index contributed by atoms with van der Waals surface area (Å²) in [5.41, 5.74) is 0. The molecular weight excluding hydrogens is 270 g/mol. The van der Waals surface area contributed by atoms with Crippen LogP contribution in [0, 0.1) is 5.92 Å².